The molecule has 1 aromatic carbocycles. The summed E-state index contributed by atoms with van der Waals surface area (Å²) in [5.41, 5.74) is 0.0278. The van der Waals surface area contributed by atoms with Gasteiger partial charge in [0.05, 0.1) is 24.5 Å². The number of ether oxygens (including phenoxy) is 1. The van der Waals surface area contributed by atoms with Crippen LogP contribution in [0.1, 0.15) is 40.2 Å². The first-order chi connectivity index (χ1) is 14.0. The second-order valence-corrected chi connectivity index (χ2v) is 10.3. The monoisotopic (exact) mass is 438 g/mol. The molecule has 1 aromatic rings. The maximum atomic E-state index is 12.9. The van der Waals surface area contributed by atoms with Gasteiger partial charge in [-0.25, -0.2) is 18.1 Å². The highest BCUT2D eigenvalue weighted by Crippen LogP contribution is 2.24. The van der Waals surface area contributed by atoms with Gasteiger partial charge in [-0.3, -0.25) is 4.79 Å². The molecule has 1 aliphatic rings. The van der Waals surface area contributed by atoms with E-state index < -0.39 is 15.6 Å². The summed E-state index contributed by atoms with van der Waals surface area (Å²) in [6, 6.07) is 6.88. The highest BCUT2D eigenvalue weighted by Gasteiger charge is 2.37. The summed E-state index contributed by atoms with van der Waals surface area (Å²) in [5.74, 6) is 0.379. The van der Waals surface area contributed by atoms with Crippen molar-refractivity contribution in [3.8, 4) is 0 Å². The smallest absolute Gasteiger partial charge is 0.310 e. The van der Waals surface area contributed by atoms with Crippen LogP contribution in [0.5, 0.6) is 0 Å². The van der Waals surface area contributed by atoms with Crippen LogP contribution in [-0.2, 0) is 26.1 Å². The fraction of sp³-hybridized carbons (Fsp3) is 0.619. The van der Waals surface area contributed by atoms with Crippen molar-refractivity contribution in [2.75, 3.05) is 26.7 Å². The normalized spacial score (nSPS) is 20.3. The lowest BCUT2D eigenvalue weighted by atomic mass is 9.99. The molecule has 30 heavy (non-hydrogen) atoms. The van der Waals surface area contributed by atoms with Crippen LogP contribution in [0.2, 0.25) is 0 Å². The number of rotatable bonds is 6. The maximum absolute atomic E-state index is 12.9. The Morgan fingerprint density at radius 1 is 1.27 bits per heavy atom. The molecule has 2 N–H and O–H groups in total. The summed E-state index contributed by atoms with van der Waals surface area (Å²) in [6.07, 6.45) is 0. The van der Waals surface area contributed by atoms with Crippen LogP contribution in [0.25, 0.3) is 0 Å². The Bertz CT molecular complexity index is 877. The van der Waals surface area contributed by atoms with Crippen LogP contribution in [0.4, 0.5) is 0 Å². The Balaban J connectivity index is 2.27. The molecule has 0 amide bonds. The average molecular weight is 439 g/mol. The van der Waals surface area contributed by atoms with E-state index in [-0.39, 0.29) is 29.2 Å². The molecule has 0 spiro atoms. The van der Waals surface area contributed by atoms with Crippen LogP contribution >= 0.6 is 0 Å². The van der Waals surface area contributed by atoms with Crippen molar-refractivity contribution >= 4 is 22.0 Å². The summed E-state index contributed by atoms with van der Waals surface area (Å²) in [7, 11) is -2.27. The number of carbonyl (C=O) groups excluding carboxylic acids is 1. The highest BCUT2D eigenvalue weighted by molar-refractivity contribution is 7.89. The minimum absolute atomic E-state index is 0.143. The zero-order valence-electron chi connectivity index (χ0n) is 18.7. The van der Waals surface area contributed by atoms with Crippen LogP contribution in [0.3, 0.4) is 0 Å². The van der Waals surface area contributed by atoms with E-state index in [9.17, 15) is 13.2 Å². The van der Waals surface area contributed by atoms with Crippen molar-refractivity contribution in [2.45, 2.75) is 51.6 Å². The second kappa shape index (κ2) is 9.78. The molecule has 2 unspecified atom stereocenters. The predicted octanol–water partition coefficient (Wildman–Crippen LogP) is 1.97. The number of nitrogens with one attached hydrogen (secondary N) is 2. The molecule has 0 radical (unpaired) electrons. The Labute approximate surface area is 180 Å². The van der Waals surface area contributed by atoms with E-state index >= 15 is 0 Å². The summed E-state index contributed by atoms with van der Waals surface area (Å²) < 4.78 is 33.3. The maximum Gasteiger partial charge on any atom is 0.310 e. The minimum atomic E-state index is -3.67. The largest absolute Gasteiger partial charge is 0.469 e. The van der Waals surface area contributed by atoms with Gasteiger partial charge < -0.3 is 15.0 Å². The van der Waals surface area contributed by atoms with Crippen molar-refractivity contribution in [1.29, 1.82) is 0 Å². The number of aliphatic imine (C=N–C) groups is 1. The molecule has 9 heteroatoms. The summed E-state index contributed by atoms with van der Waals surface area (Å²) in [6.45, 7) is 11.5. The summed E-state index contributed by atoms with van der Waals surface area (Å²) in [4.78, 5) is 18.9. The molecular formula is C21H34N4O4S. The first-order valence-corrected chi connectivity index (χ1v) is 11.7. The van der Waals surface area contributed by atoms with Gasteiger partial charge in [0.1, 0.15) is 0 Å². The fourth-order valence-electron chi connectivity index (χ4n) is 3.54. The van der Waals surface area contributed by atoms with Crippen LogP contribution in [-0.4, -0.2) is 57.5 Å². The van der Waals surface area contributed by atoms with Gasteiger partial charge in [0.15, 0.2) is 5.96 Å². The molecule has 0 saturated carbocycles. The van der Waals surface area contributed by atoms with Crippen LogP contribution < -0.4 is 10.0 Å². The first-order valence-electron chi connectivity index (χ1n) is 10.2. The third kappa shape index (κ3) is 6.18. The molecule has 1 aliphatic heterocycles. The van der Waals surface area contributed by atoms with Gasteiger partial charge in [-0.05, 0) is 45.2 Å². The Kier molecular flexibility index (Phi) is 7.87. The Morgan fingerprint density at radius 2 is 1.93 bits per heavy atom. The van der Waals surface area contributed by atoms with E-state index in [4.69, 9.17) is 4.74 Å². The van der Waals surface area contributed by atoms with Crippen LogP contribution in [0.15, 0.2) is 34.2 Å². The Hall–Kier alpha value is -2.13. The summed E-state index contributed by atoms with van der Waals surface area (Å²) >= 11 is 0. The molecule has 168 valence electrons. The number of nitrogens with zero attached hydrogens (tertiary/aromatic N) is 2. The number of hydrogen-bond acceptors (Lipinski definition) is 5. The lowest BCUT2D eigenvalue weighted by Crippen LogP contribution is -2.41. The number of guanidine groups is 1. The van der Waals surface area contributed by atoms with Gasteiger partial charge in [0.25, 0.3) is 0 Å². The number of benzene rings is 1. The van der Waals surface area contributed by atoms with Crippen molar-refractivity contribution in [1.82, 2.24) is 14.9 Å². The number of carbonyl (C=O) groups is 1. The fourth-order valence-corrected chi connectivity index (χ4v) is 5.19. The third-order valence-corrected chi connectivity index (χ3v) is 6.71. The molecule has 1 fully saturated rings. The van der Waals surface area contributed by atoms with E-state index in [1.54, 1.807) is 45.0 Å². The first kappa shape index (κ1) is 24.1. The van der Waals surface area contributed by atoms with E-state index in [0.29, 0.717) is 31.2 Å². The molecule has 2 atom stereocenters. The predicted molar refractivity (Wildman–Crippen MR) is 118 cm³/mol. The van der Waals surface area contributed by atoms with Crippen molar-refractivity contribution in [3.63, 3.8) is 0 Å². The zero-order chi connectivity index (χ0) is 22.5. The zero-order valence-corrected chi connectivity index (χ0v) is 19.5. The molecule has 1 saturated heterocycles. The van der Waals surface area contributed by atoms with Gasteiger partial charge >= 0.3 is 5.97 Å². The number of methoxy groups -OCH3 is 1. The quantitative estimate of drug-likeness (QED) is 0.400. The van der Waals surface area contributed by atoms with Gasteiger partial charge in [0, 0.05) is 25.2 Å². The highest BCUT2D eigenvalue weighted by atomic mass is 32.2. The molecular weight excluding hydrogens is 404 g/mol. The molecule has 0 bridgehead atoms. The molecule has 8 nitrogen and oxygen atoms in total. The van der Waals surface area contributed by atoms with Gasteiger partial charge in [-0.2, -0.15) is 0 Å². The van der Waals surface area contributed by atoms with E-state index in [1.165, 1.54) is 7.11 Å². The van der Waals surface area contributed by atoms with Crippen LogP contribution in [0, 0.1) is 11.8 Å². The lowest BCUT2D eigenvalue weighted by Gasteiger charge is -2.23. The van der Waals surface area contributed by atoms with Crippen molar-refractivity contribution in [2.24, 2.45) is 16.8 Å². The lowest BCUT2D eigenvalue weighted by molar-refractivity contribution is -0.145. The number of hydrogen-bond donors (Lipinski definition) is 2. The Morgan fingerprint density at radius 3 is 2.53 bits per heavy atom. The topological polar surface area (TPSA) is 100 Å². The number of likely N-dealkylation sites (tertiary alicyclic amines) is 1. The van der Waals surface area contributed by atoms with E-state index in [2.05, 4.69) is 15.0 Å². The second-order valence-electron chi connectivity index (χ2n) is 8.65. The molecule has 0 aliphatic carbocycles. The molecule has 0 aromatic heterocycles. The van der Waals surface area contributed by atoms with Crippen molar-refractivity contribution < 1.29 is 17.9 Å². The number of esters is 1. The summed E-state index contributed by atoms with van der Waals surface area (Å²) in [5, 5.41) is 3.25. The van der Waals surface area contributed by atoms with E-state index in [1.807, 2.05) is 18.7 Å². The van der Waals surface area contributed by atoms with Crippen molar-refractivity contribution in [3.05, 3.63) is 29.8 Å². The number of sulfonamides is 1. The third-order valence-electron chi connectivity index (χ3n) is 4.85. The standard InChI is InChI=1S/C21H34N4O4S/c1-7-22-20(25-13-15(2)17(14-25)19(26)29-6)23-12-16-10-8-9-11-18(16)30(27,28)24-21(3,4)5/h8-11,15,17,24H,7,12-14H2,1-6H3,(H,22,23). The van der Waals surface area contributed by atoms with E-state index in [0.717, 1.165) is 0 Å². The van der Waals surface area contributed by atoms with Gasteiger partial charge in [-0.1, -0.05) is 25.1 Å². The minimum Gasteiger partial charge on any atom is -0.469 e. The average Bonchev–Trinajstić information content (AvgIpc) is 3.04. The molecule has 1 heterocycles. The van der Waals surface area contributed by atoms with Gasteiger partial charge in [-0.15, -0.1) is 0 Å². The molecule has 2 rings (SSSR count). The van der Waals surface area contributed by atoms with Gasteiger partial charge in [0.2, 0.25) is 10.0 Å². The SMILES string of the molecule is CCNC(=NCc1ccccc1S(=O)(=O)NC(C)(C)C)N1CC(C)C(C(=O)OC)C1.